The standard InChI is InChI=1S/C40H58O5/c1-25(2)27-15-20-40(24-41)22-21-38(6)28(35(27)40)11-13-32-37(5)18-17-33(36(3,4)31(37)16-19-39(32,38)7)45-34(43)14-10-26-9-12-29(42)30(23-26)44-8/h9-10,12,14,23,27-28,31-33,35,41-42H,1,11,13,15-22,24H2,2-8H3/b14-10+/t27-,28+,31-,32+,33-,35-,37-,38+,39+,40+/m0/s1. The van der Waals surface area contributed by atoms with Crippen molar-refractivity contribution in [2.45, 2.75) is 112 Å². The van der Waals surface area contributed by atoms with Crippen molar-refractivity contribution in [3.05, 3.63) is 42.0 Å². The molecular formula is C40H58O5. The molecule has 0 heterocycles. The second-order valence-corrected chi connectivity index (χ2v) is 17.3. The summed E-state index contributed by atoms with van der Waals surface area (Å²) in [5.74, 6) is 3.04. The Balaban J connectivity index is 1.22. The lowest BCUT2D eigenvalue weighted by Gasteiger charge is -2.73. The normalized spacial score (nSPS) is 43.5. The van der Waals surface area contributed by atoms with E-state index in [0.717, 1.165) is 31.2 Å². The average molecular weight is 619 g/mol. The van der Waals surface area contributed by atoms with E-state index in [4.69, 9.17) is 9.47 Å². The number of hydrogen-bond donors (Lipinski definition) is 2. The van der Waals surface area contributed by atoms with E-state index in [9.17, 15) is 15.0 Å². The van der Waals surface area contributed by atoms with Gasteiger partial charge in [0, 0.05) is 18.1 Å². The number of carbonyl (C=O) groups excluding carboxylic acids is 1. The minimum absolute atomic E-state index is 0.0756. The number of allylic oxidation sites excluding steroid dienone is 1. The Bertz CT molecular complexity index is 1360. The highest BCUT2D eigenvalue weighted by molar-refractivity contribution is 5.87. The zero-order valence-corrected chi connectivity index (χ0v) is 29.0. The van der Waals surface area contributed by atoms with Gasteiger partial charge in [0.2, 0.25) is 0 Å². The van der Waals surface area contributed by atoms with Crippen molar-refractivity contribution in [1.29, 1.82) is 0 Å². The predicted octanol–water partition coefficient (Wildman–Crippen LogP) is 8.98. The Morgan fingerprint density at radius 3 is 2.40 bits per heavy atom. The first kappa shape index (κ1) is 32.7. The maximum Gasteiger partial charge on any atom is 0.331 e. The van der Waals surface area contributed by atoms with Crippen LogP contribution >= 0.6 is 0 Å². The molecule has 1 aromatic carbocycles. The van der Waals surface area contributed by atoms with Gasteiger partial charge in [0.15, 0.2) is 11.5 Å². The molecule has 5 aliphatic rings. The number of carbonyl (C=O) groups is 1. The average Bonchev–Trinajstić information content (AvgIpc) is 3.39. The van der Waals surface area contributed by atoms with Gasteiger partial charge in [-0.05, 0) is 146 Å². The van der Waals surface area contributed by atoms with Crippen molar-refractivity contribution in [3.63, 3.8) is 0 Å². The van der Waals surface area contributed by atoms with Crippen LogP contribution in [0.3, 0.4) is 0 Å². The molecule has 5 nitrogen and oxygen atoms in total. The molecule has 10 atom stereocenters. The van der Waals surface area contributed by atoms with Crippen LogP contribution in [0.15, 0.2) is 36.4 Å². The van der Waals surface area contributed by atoms with Crippen molar-refractivity contribution >= 4 is 12.0 Å². The number of methoxy groups -OCH3 is 1. The number of benzene rings is 1. The van der Waals surface area contributed by atoms with E-state index < -0.39 is 0 Å². The number of hydrogen-bond acceptors (Lipinski definition) is 5. The molecule has 0 amide bonds. The van der Waals surface area contributed by atoms with Crippen LogP contribution < -0.4 is 4.74 Å². The number of aliphatic hydroxyl groups excluding tert-OH is 1. The van der Waals surface area contributed by atoms with Gasteiger partial charge in [0.1, 0.15) is 6.10 Å². The third kappa shape index (κ3) is 4.75. The molecule has 0 aliphatic heterocycles. The second kappa shape index (κ2) is 11.2. The van der Waals surface area contributed by atoms with E-state index in [1.165, 1.54) is 57.3 Å². The largest absolute Gasteiger partial charge is 0.504 e. The van der Waals surface area contributed by atoms with E-state index >= 15 is 0 Å². The Labute approximate surface area is 271 Å². The maximum atomic E-state index is 13.1. The highest BCUT2D eigenvalue weighted by Gasteiger charge is 2.71. The fraction of sp³-hybridized carbons (Fsp3) is 0.725. The van der Waals surface area contributed by atoms with E-state index in [-0.39, 0.29) is 44.9 Å². The molecule has 0 saturated heterocycles. The Kier molecular flexibility index (Phi) is 8.11. The van der Waals surface area contributed by atoms with Gasteiger partial charge in [0.25, 0.3) is 0 Å². The Morgan fingerprint density at radius 2 is 1.71 bits per heavy atom. The van der Waals surface area contributed by atoms with Crippen LogP contribution in [-0.4, -0.2) is 36.0 Å². The summed E-state index contributed by atoms with van der Waals surface area (Å²) >= 11 is 0. The summed E-state index contributed by atoms with van der Waals surface area (Å²) < 4.78 is 11.4. The predicted molar refractivity (Wildman–Crippen MR) is 180 cm³/mol. The van der Waals surface area contributed by atoms with Gasteiger partial charge >= 0.3 is 5.97 Å². The van der Waals surface area contributed by atoms with Crippen molar-refractivity contribution in [2.75, 3.05) is 13.7 Å². The van der Waals surface area contributed by atoms with Gasteiger partial charge < -0.3 is 19.7 Å². The summed E-state index contributed by atoms with van der Waals surface area (Å²) in [6, 6.07) is 5.04. The number of rotatable bonds is 6. The summed E-state index contributed by atoms with van der Waals surface area (Å²) in [5, 5.41) is 20.7. The van der Waals surface area contributed by atoms with E-state index in [1.54, 1.807) is 24.3 Å². The third-order valence-corrected chi connectivity index (χ3v) is 15.4. The smallest absolute Gasteiger partial charge is 0.331 e. The summed E-state index contributed by atoms with van der Waals surface area (Å²) in [7, 11) is 1.51. The van der Waals surface area contributed by atoms with Crippen molar-refractivity contribution in [2.24, 2.45) is 56.7 Å². The number of ether oxygens (including phenoxy) is 2. The van der Waals surface area contributed by atoms with Crippen molar-refractivity contribution in [1.82, 2.24) is 0 Å². The first-order chi connectivity index (χ1) is 21.2. The van der Waals surface area contributed by atoms with Crippen LogP contribution in [0.25, 0.3) is 6.08 Å². The molecule has 5 heteroatoms. The summed E-state index contributed by atoms with van der Waals surface area (Å²) in [6.45, 7) is 19.6. The lowest BCUT2D eigenvalue weighted by molar-refractivity contribution is -0.251. The number of phenols is 1. The van der Waals surface area contributed by atoms with Gasteiger partial charge in [-0.2, -0.15) is 0 Å². The lowest BCUT2D eigenvalue weighted by atomic mass is 9.32. The van der Waals surface area contributed by atoms with Crippen LogP contribution in [0.1, 0.15) is 111 Å². The Morgan fingerprint density at radius 1 is 0.956 bits per heavy atom. The number of fused-ring (bicyclic) bond motifs is 7. The molecule has 45 heavy (non-hydrogen) atoms. The van der Waals surface area contributed by atoms with Crippen LogP contribution in [-0.2, 0) is 9.53 Å². The monoisotopic (exact) mass is 618 g/mol. The minimum atomic E-state index is -0.310. The second-order valence-electron chi connectivity index (χ2n) is 17.3. The fourth-order valence-corrected chi connectivity index (χ4v) is 12.9. The number of aromatic hydroxyl groups is 1. The molecule has 0 bridgehead atoms. The molecule has 0 aromatic heterocycles. The zero-order chi connectivity index (χ0) is 32.6. The molecule has 5 aliphatic carbocycles. The van der Waals surface area contributed by atoms with Gasteiger partial charge in [0.05, 0.1) is 7.11 Å². The molecule has 5 fully saturated rings. The fourth-order valence-electron chi connectivity index (χ4n) is 12.9. The highest BCUT2D eigenvalue weighted by atomic mass is 16.5. The van der Waals surface area contributed by atoms with Crippen molar-refractivity contribution < 1.29 is 24.5 Å². The molecule has 6 rings (SSSR count). The molecule has 0 radical (unpaired) electrons. The van der Waals surface area contributed by atoms with Crippen LogP contribution in [0.2, 0.25) is 0 Å². The zero-order valence-electron chi connectivity index (χ0n) is 29.0. The highest BCUT2D eigenvalue weighted by Crippen LogP contribution is 2.77. The van der Waals surface area contributed by atoms with Gasteiger partial charge in [-0.15, -0.1) is 0 Å². The molecular weight excluding hydrogens is 560 g/mol. The van der Waals surface area contributed by atoms with Crippen molar-refractivity contribution in [3.8, 4) is 11.5 Å². The van der Waals surface area contributed by atoms with Crippen LogP contribution in [0.5, 0.6) is 11.5 Å². The topological polar surface area (TPSA) is 76.0 Å². The quantitative estimate of drug-likeness (QED) is 0.189. The summed E-state index contributed by atoms with van der Waals surface area (Å²) in [6.07, 6.45) is 14.8. The van der Waals surface area contributed by atoms with Gasteiger partial charge in [-0.3, -0.25) is 0 Å². The molecule has 248 valence electrons. The SMILES string of the molecule is C=C(C)[C@@H]1CC[C@]2(CO)CC[C@]3(C)[C@H](CC[C@@H]4[C@@]5(C)CC[C@H](OC(=O)/C=C/c6ccc(O)c(OC)c6)C(C)(C)[C@@H]5CC[C@]43C)[C@H]12. The summed E-state index contributed by atoms with van der Waals surface area (Å²) in [5.41, 5.74) is 2.81. The Hall–Kier alpha value is -2.27. The molecule has 5 saturated carbocycles. The number of esters is 1. The third-order valence-electron chi connectivity index (χ3n) is 15.4. The van der Waals surface area contributed by atoms with E-state index in [2.05, 4.69) is 48.1 Å². The van der Waals surface area contributed by atoms with Crippen LogP contribution in [0.4, 0.5) is 0 Å². The number of phenolic OH excluding ortho intramolecular Hbond substituents is 1. The number of aliphatic hydroxyl groups is 1. The van der Waals surface area contributed by atoms with Gasteiger partial charge in [-0.25, -0.2) is 4.79 Å². The van der Waals surface area contributed by atoms with Crippen LogP contribution in [0, 0.1) is 56.7 Å². The molecule has 0 spiro atoms. The summed E-state index contributed by atoms with van der Waals surface area (Å²) in [4.78, 5) is 13.1. The first-order valence-corrected chi connectivity index (χ1v) is 17.7. The molecule has 2 N–H and O–H groups in total. The molecule has 1 aromatic rings. The lowest BCUT2D eigenvalue weighted by Crippen LogP contribution is -2.67. The maximum absolute atomic E-state index is 13.1. The van der Waals surface area contributed by atoms with E-state index in [1.807, 2.05) is 0 Å². The minimum Gasteiger partial charge on any atom is -0.504 e. The van der Waals surface area contributed by atoms with E-state index in [0.29, 0.717) is 41.9 Å². The molecule has 0 unspecified atom stereocenters. The van der Waals surface area contributed by atoms with Gasteiger partial charge in [-0.1, -0.05) is 52.8 Å². The first-order valence-electron chi connectivity index (χ1n) is 17.7.